The van der Waals surface area contributed by atoms with Gasteiger partial charge in [-0.25, -0.2) is 8.42 Å². The molecule has 0 saturated carbocycles. The zero-order valence-corrected chi connectivity index (χ0v) is 23.3. The maximum Gasteiger partial charge on any atom is 0.264 e. The molecule has 0 bridgehead atoms. The van der Waals surface area contributed by atoms with E-state index >= 15 is 0 Å². The lowest BCUT2D eigenvalue weighted by Gasteiger charge is -2.33. The summed E-state index contributed by atoms with van der Waals surface area (Å²) in [4.78, 5) is 28.7. The summed E-state index contributed by atoms with van der Waals surface area (Å²) in [7, 11) is -4.05. The highest BCUT2D eigenvalue weighted by molar-refractivity contribution is 7.92. The molecule has 2 amide bonds. The van der Waals surface area contributed by atoms with Crippen LogP contribution in [0.3, 0.4) is 0 Å². The predicted molar refractivity (Wildman–Crippen MR) is 151 cm³/mol. The standard InChI is InChI=1S/C30H37N3O4S/c1-5-28(30(35)31-23(2)3)32(20-19-25-14-8-6-9-15-25)29(34)22-33(26-16-12-13-24(4)21-26)38(36,37)27-17-10-7-11-18-27/h6-18,21,23,28H,5,19-20,22H2,1-4H3,(H,31,35). The quantitative estimate of drug-likeness (QED) is 0.368. The summed E-state index contributed by atoms with van der Waals surface area (Å²) in [6.45, 7) is 7.31. The van der Waals surface area contributed by atoms with Gasteiger partial charge in [0, 0.05) is 12.6 Å². The minimum Gasteiger partial charge on any atom is -0.352 e. The highest BCUT2D eigenvalue weighted by Gasteiger charge is 2.33. The van der Waals surface area contributed by atoms with Crippen LogP contribution in [0.4, 0.5) is 5.69 Å². The molecule has 1 unspecified atom stereocenters. The summed E-state index contributed by atoms with van der Waals surface area (Å²) in [5.74, 6) is -0.690. The molecular weight excluding hydrogens is 498 g/mol. The van der Waals surface area contributed by atoms with E-state index in [-0.39, 0.29) is 23.4 Å². The Morgan fingerprint density at radius 3 is 2.11 bits per heavy atom. The molecule has 202 valence electrons. The van der Waals surface area contributed by atoms with Crippen LogP contribution in [-0.2, 0) is 26.0 Å². The molecule has 0 radical (unpaired) electrons. The van der Waals surface area contributed by atoms with Crippen molar-refractivity contribution in [3.8, 4) is 0 Å². The van der Waals surface area contributed by atoms with E-state index in [1.165, 1.54) is 17.0 Å². The van der Waals surface area contributed by atoms with Crippen LogP contribution in [0, 0.1) is 6.92 Å². The number of sulfonamides is 1. The molecule has 7 nitrogen and oxygen atoms in total. The summed E-state index contributed by atoms with van der Waals surface area (Å²) in [5, 5.41) is 2.91. The number of nitrogens with one attached hydrogen (secondary N) is 1. The van der Waals surface area contributed by atoms with Crippen molar-refractivity contribution in [2.24, 2.45) is 0 Å². The summed E-state index contributed by atoms with van der Waals surface area (Å²) in [5.41, 5.74) is 2.29. The normalized spacial score (nSPS) is 12.1. The Hall–Kier alpha value is -3.65. The number of hydrogen-bond acceptors (Lipinski definition) is 4. The van der Waals surface area contributed by atoms with Gasteiger partial charge in [0.25, 0.3) is 10.0 Å². The zero-order chi connectivity index (χ0) is 27.7. The Labute approximate surface area is 226 Å². The molecule has 0 aromatic heterocycles. The summed E-state index contributed by atoms with van der Waals surface area (Å²) in [6.07, 6.45) is 0.933. The van der Waals surface area contributed by atoms with Gasteiger partial charge in [0.2, 0.25) is 11.8 Å². The fourth-order valence-electron chi connectivity index (χ4n) is 4.31. The van der Waals surface area contributed by atoms with Gasteiger partial charge in [-0.15, -0.1) is 0 Å². The number of carbonyl (C=O) groups is 2. The van der Waals surface area contributed by atoms with Crippen LogP contribution in [0.2, 0.25) is 0 Å². The number of hydrogen-bond donors (Lipinski definition) is 1. The van der Waals surface area contributed by atoms with E-state index in [0.717, 1.165) is 15.4 Å². The Balaban J connectivity index is 2.00. The van der Waals surface area contributed by atoms with E-state index in [2.05, 4.69) is 5.32 Å². The van der Waals surface area contributed by atoms with E-state index < -0.39 is 28.5 Å². The summed E-state index contributed by atoms with van der Waals surface area (Å²) in [6, 6.07) is 24.0. The van der Waals surface area contributed by atoms with Crippen LogP contribution in [0.5, 0.6) is 0 Å². The topological polar surface area (TPSA) is 86.8 Å². The summed E-state index contributed by atoms with van der Waals surface area (Å²) >= 11 is 0. The van der Waals surface area contributed by atoms with Gasteiger partial charge in [0.15, 0.2) is 0 Å². The first-order valence-corrected chi connectivity index (χ1v) is 14.4. The van der Waals surface area contributed by atoms with Crippen LogP contribution < -0.4 is 9.62 Å². The van der Waals surface area contributed by atoms with E-state index in [0.29, 0.717) is 18.5 Å². The largest absolute Gasteiger partial charge is 0.352 e. The van der Waals surface area contributed by atoms with Crippen molar-refractivity contribution in [1.82, 2.24) is 10.2 Å². The second-order valence-electron chi connectivity index (χ2n) is 9.57. The molecular formula is C30H37N3O4S. The van der Waals surface area contributed by atoms with Crippen LogP contribution in [0.25, 0.3) is 0 Å². The number of nitrogens with zero attached hydrogens (tertiary/aromatic N) is 2. The average Bonchev–Trinajstić information content (AvgIpc) is 2.90. The molecule has 0 heterocycles. The van der Waals surface area contributed by atoms with Crippen LogP contribution in [0.1, 0.15) is 38.3 Å². The van der Waals surface area contributed by atoms with Gasteiger partial charge in [-0.1, -0.05) is 67.6 Å². The second-order valence-corrected chi connectivity index (χ2v) is 11.4. The SMILES string of the molecule is CCC(C(=O)NC(C)C)N(CCc1ccccc1)C(=O)CN(c1cccc(C)c1)S(=O)(=O)c1ccccc1. The number of benzene rings is 3. The molecule has 1 atom stereocenters. The number of anilines is 1. The Morgan fingerprint density at radius 2 is 1.53 bits per heavy atom. The van der Waals surface area contributed by atoms with Gasteiger partial charge in [0.05, 0.1) is 10.6 Å². The monoisotopic (exact) mass is 535 g/mol. The fraction of sp³-hybridized carbons (Fsp3) is 0.333. The molecule has 38 heavy (non-hydrogen) atoms. The third-order valence-corrected chi connectivity index (χ3v) is 7.99. The molecule has 3 aromatic rings. The van der Waals surface area contributed by atoms with E-state index in [1.807, 2.05) is 64.1 Å². The zero-order valence-electron chi connectivity index (χ0n) is 22.5. The lowest BCUT2D eigenvalue weighted by molar-refractivity contribution is -0.139. The van der Waals surface area contributed by atoms with E-state index in [1.54, 1.807) is 36.4 Å². The van der Waals surface area contributed by atoms with Gasteiger partial charge in [-0.2, -0.15) is 0 Å². The number of aryl methyl sites for hydroxylation is 1. The number of rotatable bonds is 12. The van der Waals surface area contributed by atoms with Crippen LogP contribution in [0.15, 0.2) is 89.8 Å². The van der Waals surface area contributed by atoms with Gasteiger partial charge in [-0.3, -0.25) is 13.9 Å². The van der Waals surface area contributed by atoms with Crippen LogP contribution >= 0.6 is 0 Å². The van der Waals surface area contributed by atoms with Gasteiger partial charge in [-0.05, 0) is 69.0 Å². The smallest absolute Gasteiger partial charge is 0.264 e. The number of carbonyl (C=O) groups excluding carboxylic acids is 2. The first-order valence-electron chi connectivity index (χ1n) is 12.9. The van der Waals surface area contributed by atoms with E-state index in [4.69, 9.17) is 0 Å². The molecule has 1 N–H and O–H groups in total. The lowest BCUT2D eigenvalue weighted by Crippen LogP contribution is -2.54. The first-order chi connectivity index (χ1) is 18.1. The van der Waals surface area contributed by atoms with Crippen molar-refractivity contribution in [2.75, 3.05) is 17.4 Å². The minimum absolute atomic E-state index is 0.0923. The number of amides is 2. The first kappa shape index (κ1) is 28.9. The van der Waals surface area contributed by atoms with Gasteiger partial charge < -0.3 is 10.2 Å². The highest BCUT2D eigenvalue weighted by Crippen LogP contribution is 2.25. The molecule has 0 aliphatic heterocycles. The third kappa shape index (κ3) is 7.44. The molecule has 0 fully saturated rings. The maximum atomic E-state index is 13.9. The highest BCUT2D eigenvalue weighted by atomic mass is 32.2. The molecule has 0 aliphatic rings. The average molecular weight is 536 g/mol. The van der Waals surface area contributed by atoms with Crippen molar-refractivity contribution >= 4 is 27.5 Å². The summed E-state index contributed by atoms with van der Waals surface area (Å²) < 4.78 is 28.7. The maximum absolute atomic E-state index is 13.9. The van der Waals surface area contributed by atoms with Crippen molar-refractivity contribution in [3.63, 3.8) is 0 Å². The van der Waals surface area contributed by atoms with Crippen molar-refractivity contribution in [3.05, 3.63) is 96.1 Å². The Morgan fingerprint density at radius 1 is 0.895 bits per heavy atom. The fourth-order valence-corrected chi connectivity index (χ4v) is 5.74. The Bertz CT molecular complexity index is 1310. The predicted octanol–water partition coefficient (Wildman–Crippen LogP) is 4.56. The van der Waals surface area contributed by atoms with Gasteiger partial charge in [0.1, 0.15) is 12.6 Å². The molecule has 8 heteroatoms. The second kappa shape index (κ2) is 13.2. The minimum atomic E-state index is -4.05. The Kier molecular flexibility index (Phi) is 10.1. The van der Waals surface area contributed by atoms with Crippen molar-refractivity contribution in [1.29, 1.82) is 0 Å². The van der Waals surface area contributed by atoms with E-state index in [9.17, 15) is 18.0 Å². The molecule has 0 aliphatic carbocycles. The van der Waals surface area contributed by atoms with Crippen molar-refractivity contribution in [2.45, 2.75) is 57.5 Å². The third-order valence-electron chi connectivity index (χ3n) is 6.20. The molecule has 3 aromatic carbocycles. The molecule has 3 rings (SSSR count). The molecule has 0 spiro atoms. The van der Waals surface area contributed by atoms with Gasteiger partial charge >= 0.3 is 0 Å². The molecule has 0 saturated heterocycles. The lowest BCUT2D eigenvalue weighted by atomic mass is 10.1. The van der Waals surface area contributed by atoms with Crippen molar-refractivity contribution < 1.29 is 18.0 Å². The van der Waals surface area contributed by atoms with Crippen LogP contribution in [-0.4, -0.2) is 50.3 Å².